The number of benzene rings is 1. The number of halogens is 1. The monoisotopic (exact) mass is 387 g/mol. The summed E-state index contributed by atoms with van der Waals surface area (Å²) in [6.45, 7) is 0. The van der Waals surface area contributed by atoms with Gasteiger partial charge in [0.1, 0.15) is 5.69 Å². The van der Waals surface area contributed by atoms with Crippen LogP contribution in [0.25, 0.3) is 0 Å². The van der Waals surface area contributed by atoms with Gasteiger partial charge in [0.15, 0.2) is 11.0 Å². The molecule has 4 N–H and O–H groups in total. The SMILES string of the molecule is Nc1nc(SCc2ccccn2)[nH]c(=O)c1NC(=O)c1ccc(Cl)cc1. The second kappa shape index (κ2) is 8.03. The molecule has 0 saturated carbocycles. The Hall–Kier alpha value is -2.84. The standard InChI is InChI=1S/C17H14ClN5O2S/c18-11-6-4-10(5-7-11)15(24)21-13-14(19)22-17(23-16(13)25)26-9-12-3-1-2-8-20-12/h1-8H,9H2,(H,21,24)(H3,19,22,23,25). The lowest BCUT2D eigenvalue weighted by molar-refractivity contribution is 0.102. The summed E-state index contributed by atoms with van der Waals surface area (Å²) in [5.74, 6) is -0.00572. The van der Waals surface area contributed by atoms with E-state index in [4.69, 9.17) is 17.3 Å². The average Bonchev–Trinajstić information content (AvgIpc) is 2.64. The van der Waals surface area contributed by atoms with Gasteiger partial charge in [-0.3, -0.25) is 19.6 Å². The number of nitrogen functional groups attached to an aromatic ring is 1. The first kappa shape index (κ1) is 18.0. The van der Waals surface area contributed by atoms with Crippen molar-refractivity contribution in [2.24, 2.45) is 0 Å². The molecule has 0 bridgehead atoms. The van der Waals surface area contributed by atoms with Crippen molar-refractivity contribution in [2.75, 3.05) is 11.1 Å². The molecule has 0 aliphatic heterocycles. The number of carbonyl (C=O) groups excluding carboxylic acids is 1. The number of rotatable bonds is 5. The van der Waals surface area contributed by atoms with E-state index < -0.39 is 11.5 Å². The number of carbonyl (C=O) groups is 1. The van der Waals surface area contributed by atoms with Crippen LogP contribution in [-0.2, 0) is 5.75 Å². The first-order valence-electron chi connectivity index (χ1n) is 7.52. The van der Waals surface area contributed by atoms with Gasteiger partial charge >= 0.3 is 0 Å². The van der Waals surface area contributed by atoms with Crippen LogP contribution in [0.2, 0.25) is 5.02 Å². The highest BCUT2D eigenvalue weighted by atomic mass is 35.5. The molecule has 0 saturated heterocycles. The number of hydrogen-bond acceptors (Lipinski definition) is 6. The Labute approximate surface area is 158 Å². The van der Waals surface area contributed by atoms with Crippen LogP contribution in [0.5, 0.6) is 0 Å². The molecule has 132 valence electrons. The minimum absolute atomic E-state index is 0.0559. The number of aromatic nitrogens is 3. The lowest BCUT2D eigenvalue weighted by Gasteiger charge is -2.08. The molecule has 0 fully saturated rings. The van der Waals surface area contributed by atoms with Crippen LogP contribution in [0.15, 0.2) is 58.6 Å². The third-order valence-corrected chi connectivity index (χ3v) is 4.51. The minimum atomic E-state index is -0.525. The molecule has 0 unspecified atom stereocenters. The third kappa shape index (κ3) is 4.41. The van der Waals surface area contributed by atoms with Crippen LogP contribution in [0, 0.1) is 0 Å². The highest BCUT2D eigenvalue weighted by Crippen LogP contribution is 2.20. The molecule has 0 aliphatic rings. The van der Waals surface area contributed by atoms with E-state index in [-0.39, 0.29) is 11.5 Å². The van der Waals surface area contributed by atoms with Gasteiger partial charge in [0, 0.05) is 22.5 Å². The zero-order valence-electron chi connectivity index (χ0n) is 13.4. The number of nitrogens with zero attached hydrogens (tertiary/aromatic N) is 2. The fourth-order valence-corrected chi connectivity index (χ4v) is 2.98. The van der Waals surface area contributed by atoms with Crippen molar-refractivity contribution in [3.8, 4) is 0 Å². The molecule has 7 nitrogen and oxygen atoms in total. The van der Waals surface area contributed by atoms with Crippen molar-refractivity contribution < 1.29 is 4.79 Å². The smallest absolute Gasteiger partial charge is 0.277 e. The van der Waals surface area contributed by atoms with Crippen LogP contribution in [0.4, 0.5) is 11.5 Å². The Balaban J connectivity index is 1.73. The van der Waals surface area contributed by atoms with E-state index in [0.717, 1.165) is 5.69 Å². The maximum Gasteiger partial charge on any atom is 0.277 e. The highest BCUT2D eigenvalue weighted by Gasteiger charge is 2.14. The number of hydrogen-bond donors (Lipinski definition) is 3. The van der Waals surface area contributed by atoms with Gasteiger partial charge in [0.05, 0.1) is 5.69 Å². The molecule has 0 spiro atoms. The predicted molar refractivity (Wildman–Crippen MR) is 102 cm³/mol. The molecule has 3 aromatic rings. The number of amides is 1. The molecule has 0 radical (unpaired) electrons. The van der Waals surface area contributed by atoms with Gasteiger partial charge < -0.3 is 11.1 Å². The van der Waals surface area contributed by atoms with Gasteiger partial charge in [-0.15, -0.1) is 0 Å². The van der Waals surface area contributed by atoms with E-state index in [1.54, 1.807) is 30.5 Å². The summed E-state index contributed by atoms with van der Waals surface area (Å²) in [6.07, 6.45) is 1.69. The summed E-state index contributed by atoms with van der Waals surface area (Å²) >= 11 is 7.09. The van der Waals surface area contributed by atoms with E-state index in [9.17, 15) is 9.59 Å². The molecule has 0 aliphatic carbocycles. The summed E-state index contributed by atoms with van der Waals surface area (Å²) in [5.41, 5.74) is 6.43. The lowest BCUT2D eigenvalue weighted by Crippen LogP contribution is -2.23. The first-order chi connectivity index (χ1) is 12.5. The Morgan fingerprint density at radius 2 is 2.00 bits per heavy atom. The molecule has 0 atom stereocenters. The lowest BCUT2D eigenvalue weighted by atomic mass is 10.2. The van der Waals surface area contributed by atoms with Crippen LogP contribution < -0.4 is 16.6 Å². The van der Waals surface area contributed by atoms with E-state index in [1.807, 2.05) is 18.2 Å². The van der Waals surface area contributed by atoms with Gasteiger partial charge in [-0.1, -0.05) is 29.4 Å². The highest BCUT2D eigenvalue weighted by molar-refractivity contribution is 7.98. The molecule has 26 heavy (non-hydrogen) atoms. The number of aromatic amines is 1. The van der Waals surface area contributed by atoms with E-state index in [2.05, 4.69) is 20.3 Å². The van der Waals surface area contributed by atoms with Crippen molar-refractivity contribution in [2.45, 2.75) is 10.9 Å². The molecule has 9 heteroatoms. The Morgan fingerprint density at radius 3 is 2.65 bits per heavy atom. The molecule has 1 amide bonds. The second-order valence-corrected chi connectivity index (χ2v) is 6.60. The average molecular weight is 388 g/mol. The van der Waals surface area contributed by atoms with Gasteiger partial charge in [-0.05, 0) is 36.4 Å². The Morgan fingerprint density at radius 1 is 1.23 bits per heavy atom. The zero-order chi connectivity index (χ0) is 18.5. The number of nitrogens with one attached hydrogen (secondary N) is 2. The number of H-pyrrole nitrogens is 1. The van der Waals surface area contributed by atoms with Crippen LogP contribution in [0.1, 0.15) is 16.1 Å². The van der Waals surface area contributed by atoms with E-state index in [0.29, 0.717) is 21.5 Å². The van der Waals surface area contributed by atoms with Crippen LogP contribution in [-0.4, -0.2) is 20.9 Å². The minimum Gasteiger partial charge on any atom is -0.382 e. The van der Waals surface area contributed by atoms with Crippen molar-refractivity contribution in [3.63, 3.8) is 0 Å². The van der Waals surface area contributed by atoms with Crippen molar-refractivity contribution in [3.05, 3.63) is 75.3 Å². The van der Waals surface area contributed by atoms with Gasteiger partial charge in [0.2, 0.25) is 0 Å². The number of thioether (sulfide) groups is 1. The number of nitrogens with two attached hydrogens (primary N) is 1. The summed E-state index contributed by atoms with van der Waals surface area (Å²) in [7, 11) is 0. The maximum atomic E-state index is 12.3. The molecule has 3 rings (SSSR count). The van der Waals surface area contributed by atoms with Gasteiger partial charge in [-0.2, -0.15) is 0 Å². The maximum absolute atomic E-state index is 12.3. The topological polar surface area (TPSA) is 114 Å². The van der Waals surface area contributed by atoms with Crippen molar-refractivity contribution in [1.29, 1.82) is 0 Å². The quantitative estimate of drug-likeness (QED) is 0.458. The number of anilines is 2. The van der Waals surface area contributed by atoms with E-state index >= 15 is 0 Å². The summed E-state index contributed by atoms with van der Waals surface area (Å²) in [6, 6.07) is 11.8. The van der Waals surface area contributed by atoms with E-state index in [1.165, 1.54) is 11.8 Å². The zero-order valence-corrected chi connectivity index (χ0v) is 15.0. The molecular weight excluding hydrogens is 374 g/mol. The Kier molecular flexibility index (Phi) is 5.55. The van der Waals surface area contributed by atoms with Crippen molar-refractivity contribution in [1.82, 2.24) is 15.0 Å². The summed E-state index contributed by atoms with van der Waals surface area (Å²) in [4.78, 5) is 35.4. The fraction of sp³-hybridized carbons (Fsp3) is 0.0588. The normalized spacial score (nSPS) is 10.5. The van der Waals surface area contributed by atoms with Crippen LogP contribution in [0.3, 0.4) is 0 Å². The first-order valence-corrected chi connectivity index (χ1v) is 8.88. The second-order valence-electron chi connectivity index (χ2n) is 5.20. The van der Waals surface area contributed by atoms with Gasteiger partial charge in [0.25, 0.3) is 11.5 Å². The summed E-state index contributed by atoms with van der Waals surface area (Å²) in [5, 5.41) is 3.34. The molecule has 2 aromatic heterocycles. The largest absolute Gasteiger partial charge is 0.382 e. The fourth-order valence-electron chi connectivity index (χ4n) is 2.07. The number of pyridine rings is 1. The van der Waals surface area contributed by atoms with Gasteiger partial charge in [-0.25, -0.2) is 4.98 Å². The van der Waals surface area contributed by atoms with Crippen LogP contribution >= 0.6 is 23.4 Å². The Bertz CT molecular complexity index is 977. The molecule has 1 aromatic carbocycles. The predicted octanol–water partition coefficient (Wildman–Crippen LogP) is 2.95. The summed E-state index contributed by atoms with van der Waals surface area (Å²) < 4.78 is 0. The third-order valence-electron chi connectivity index (χ3n) is 3.35. The van der Waals surface area contributed by atoms with Crippen molar-refractivity contribution >= 4 is 40.8 Å². The molecule has 2 heterocycles. The molecular formula is C17H14ClN5O2S.